The number of hydrogen-bond acceptors (Lipinski definition) is 2. The Morgan fingerprint density at radius 2 is 1.46 bits per heavy atom. The molecule has 0 bridgehead atoms. The van der Waals surface area contributed by atoms with Crippen molar-refractivity contribution in [2.45, 2.75) is 18.3 Å². The Bertz CT molecular complexity index is 829. The predicted octanol–water partition coefficient (Wildman–Crippen LogP) is 4.61. The molecule has 118 valence electrons. The van der Waals surface area contributed by atoms with Crippen molar-refractivity contribution in [1.82, 2.24) is 4.98 Å². The van der Waals surface area contributed by atoms with Crippen LogP contribution >= 0.6 is 0 Å². The molecule has 1 aliphatic rings. The molecule has 2 aromatic carbocycles. The highest BCUT2D eigenvalue weighted by atomic mass is 16.1. The average Bonchev–Trinajstić information content (AvgIpc) is 3.45. The molecule has 1 heterocycles. The quantitative estimate of drug-likeness (QED) is 0.764. The summed E-state index contributed by atoms with van der Waals surface area (Å²) in [6.07, 6.45) is 4.44. The molecule has 1 aromatic heterocycles. The van der Waals surface area contributed by atoms with E-state index in [0.29, 0.717) is 17.4 Å². The zero-order valence-corrected chi connectivity index (χ0v) is 13.2. The molecule has 0 aliphatic heterocycles. The van der Waals surface area contributed by atoms with Gasteiger partial charge in [0.15, 0.2) is 0 Å². The molecule has 1 fully saturated rings. The number of amides is 1. The number of benzene rings is 2. The zero-order chi connectivity index (χ0) is 16.4. The van der Waals surface area contributed by atoms with Crippen LogP contribution in [0.2, 0.25) is 0 Å². The molecule has 0 saturated heterocycles. The van der Waals surface area contributed by atoms with Crippen molar-refractivity contribution in [3.8, 4) is 0 Å². The summed E-state index contributed by atoms with van der Waals surface area (Å²) in [5.41, 5.74) is 4.18. The van der Waals surface area contributed by atoms with Crippen molar-refractivity contribution in [1.29, 1.82) is 0 Å². The number of anilines is 1. The van der Waals surface area contributed by atoms with Gasteiger partial charge in [-0.1, -0.05) is 42.5 Å². The summed E-state index contributed by atoms with van der Waals surface area (Å²) >= 11 is 0. The molecule has 2 atom stereocenters. The smallest absolute Gasteiger partial charge is 0.255 e. The molecular weight excluding hydrogens is 296 g/mol. The Balaban J connectivity index is 1.42. The van der Waals surface area contributed by atoms with E-state index in [1.807, 2.05) is 12.1 Å². The first-order valence-corrected chi connectivity index (χ1v) is 8.17. The lowest BCUT2D eigenvalue weighted by Crippen LogP contribution is -2.11. The van der Waals surface area contributed by atoms with Gasteiger partial charge in [0.2, 0.25) is 0 Å². The third-order valence-electron chi connectivity index (χ3n) is 4.56. The van der Waals surface area contributed by atoms with Crippen molar-refractivity contribution in [3.63, 3.8) is 0 Å². The Labute approximate surface area is 141 Å². The third-order valence-corrected chi connectivity index (χ3v) is 4.56. The lowest BCUT2D eigenvalue weighted by atomic mass is 10.0. The van der Waals surface area contributed by atoms with E-state index < -0.39 is 0 Å². The van der Waals surface area contributed by atoms with Crippen LogP contribution in [0.4, 0.5) is 5.69 Å². The molecule has 3 heteroatoms. The monoisotopic (exact) mass is 314 g/mol. The number of hydrogen-bond donors (Lipinski definition) is 1. The van der Waals surface area contributed by atoms with Gasteiger partial charge in [0.05, 0.1) is 0 Å². The fourth-order valence-corrected chi connectivity index (χ4v) is 3.15. The van der Waals surface area contributed by atoms with Crippen LogP contribution in [-0.2, 0) is 0 Å². The van der Waals surface area contributed by atoms with Crippen LogP contribution in [0.3, 0.4) is 0 Å². The summed E-state index contributed by atoms with van der Waals surface area (Å²) in [7, 11) is 0. The second-order valence-corrected chi connectivity index (χ2v) is 6.17. The second-order valence-electron chi connectivity index (χ2n) is 6.17. The largest absolute Gasteiger partial charge is 0.322 e. The Morgan fingerprint density at radius 3 is 2.12 bits per heavy atom. The fourth-order valence-electron chi connectivity index (χ4n) is 3.15. The first-order valence-electron chi connectivity index (χ1n) is 8.17. The lowest BCUT2D eigenvalue weighted by molar-refractivity contribution is 0.102. The number of nitrogens with zero attached hydrogens (tertiary/aromatic N) is 1. The maximum Gasteiger partial charge on any atom is 0.255 e. The highest BCUT2D eigenvalue weighted by molar-refractivity contribution is 6.04. The van der Waals surface area contributed by atoms with E-state index in [0.717, 1.165) is 5.69 Å². The summed E-state index contributed by atoms with van der Waals surface area (Å²) < 4.78 is 0. The van der Waals surface area contributed by atoms with Gasteiger partial charge in [-0.3, -0.25) is 9.78 Å². The lowest BCUT2D eigenvalue weighted by Gasteiger charge is -2.07. The molecule has 0 radical (unpaired) electrons. The highest BCUT2D eigenvalue weighted by Gasteiger charge is 2.39. The summed E-state index contributed by atoms with van der Waals surface area (Å²) in [6.45, 7) is 0. The number of rotatable bonds is 4. The van der Waals surface area contributed by atoms with E-state index >= 15 is 0 Å². The van der Waals surface area contributed by atoms with Gasteiger partial charge in [0, 0.05) is 23.6 Å². The summed E-state index contributed by atoms with van der Waals surface area (Å²) in [6, 6.07) is 22.3. The predicted molar refractivity (Wildman–Crippen MR) is 95.2 cm³/mol. The maximum atomic E-state index is 12.1. The summed E-state index contributed by atoms with van der Waals surface area (Å²) in [5.74, 6) is 1.11. The van der Waals surface area contributed by atoms with Gasteiger partial charge in [-0.05, 0) is 53.6 Å². The molecular formula is C21H18N2O. The minimum atomic E-state index is -0.112. The van der Waals surface area contributed by atoms with Crippen molar-refractivity contribution in [3.05, 3.63) is 95.8 Å². The van der Waals surface area contributed by atoms with Gasteiger partial charge in [-0.15, -0.1) is 0 Å². The molecule has 3 nitrogen and oxygen atoms in total. The molecule has 0 spiro atoms. The van der Waals surface area contributed by atoms with Gasteiger partial charge in [0.25, 0.3) is 5.91 Å². The van der Waals surface area contributed by atoms with Crippen LogP contribution in [0, 0.1) is 0 Å². The first kappa shape index (κ1) is 14.6. The van der Waals surface area contributed by atoms with E-state index in [4.69, 9.17) is 0 Å². The number of aromatic nitrogens is 1. The second kappa shape index (κ2) is 6.28. The van der Waals surface area contributed by atoms with Crippen LogP contribution in [0.1, 0.15) is 39.7 Å². The molecule has 1 N–H and O–H groups in total. The molecule has 1 amide bonds. The van der Waals surface area contributed by atoms with Crippen molar-refractivity contribution >= 4 is 11.6 Å². The maximum absolute atomic E-state index is 12.1. The van der Waals surface area contributed by atoms with Gasteiger partial charge < -0.3 is 5.32 Å². The Hall–Kier alpha value is -2.94. The zero-order valence-electron chi connectivity index (χ0n) is 13.2. The third kappa shape index (κ3) is 3.06. The summed E-state index contributed by atoms with van der Waals surface area (Å²) in [4.78, 5) is 16.1. The van der Waals surface area contributed by atoms with E-state index in [1.54, 1.807) is 24.5 Å². The van der Waals surface area contributed by atoms with Crippen LogP contribution in [0.5, 0.6) is 0 Å². The minimum absolute atomic E-state index is 0.112. The van der Waals surface area contributed by atoms with Gasteiger partial charge in [0.1, 0.15) is 0 Å². The molecule has 1 aliphatic carbocycles. The number of carbonyl (C=O) groups excluding carboxylic acids is 1. The number of carbonyl (C=O) groups is 1. The first-order chi connectivity index (χ1) is 11.8. The van der Waals surface area contributed by atoms with Gasteiger partial charge in [-0.2, -0.15) is 0 Å². The fraction of sp³-hybridized carbons (Fsp3) is 0.143. The Kier molecular flexibility index (Phi) is 3.83. The van der Waals surface area contributed by atoms with E-state index in [2.05, 4.69) is 52.8 Å². The van der Waals surface area contributed by atoms with E-state index in [1.165, 1.54) is 17.5 Å². The van der Waals surface area contributed by atoms with Crippen molar-refractivity contribution in [2.75, 3.05) is 5.32 Å². The van der Waals surface area contributed by atoms with Gasteiger partial charge >= 0.3 is 0 Å². The van der Waals surface area contributed by atoms with Crippen LogP contribution in [-0.4, -0.2) is 10.9 Å². The van der Waals surface area contributed by atoms with E-state index in [-0.39, 0.29) is 5.91 Å². The minimum Gasteiger partial charge on any atom is -0.322 e. The SMILES string of the molecule is O=C(Nc1ccc(C2CC2c2ccccc2)cc1)c1ccncc1. The molecule has 3 aromatic rings. The van der Waals surface area contributed by atoms with Gasteiger partial charge in [-0.25, -0.2) is 0 Å². The van der Waals surface area contributed by atoms with Crippen LogP contribution in [0.15, 0.2) is 79.1 Å². The van der Waals surface area contributed by atoms with Crippen LogP contribution < -0.4 is 5.32 Å². The Morgan fingerprint density at radius 1 is 0.833 bits per heavy atom. The normalized spacial score (nSPS) is 18.8. The molecule has 2 unspecified atom stereocenters. The molecule has 4 rings (SSSR count). The van der Waals surface area contributed by atoms with Crippen molar-refractivity contribution < 1.29 is 4.79 Å². The molecule has 24 heavy (non-hydrogen) atoms. The standard InChI is InChI=1S/C21H18N2O/c24-21(17-10-12-22-13-11-17)23-18-8-6-16(7-9-18)20-14-19(20)15-4-2-1-3-5-15/h1-13,19-20H,14H2,(H,23,24). The van der Waals surface area contributed by atoms with Crippen molar-refractivity contribution in [2.24, 2.45) is 0 Å². The summed E-state index contributed by atoms with van der Waals surface area (Å²) in [5, 5.41) is 2.92. The van der Waals surface area contributed by atoms with E-state index in [9.17, 15) is 4.79 Å². The topological polar surface area (TPSA) is 42.0 Å². The molecule has 1 saturated carbocycles. The van der Waals surface area contributed by atoms with Crippen LogP contribution in [0.25, 0.3) is 0 Å². The number of pyridine rings is 1. The average molecular weight is 314 g/mol. The number of nitrogens with one attached hydrogen (secondary N) is 1. The highest BCUT2D eigenvalue weighted by Crippen LogP contribution is 2.54.